The molecule has 0 aromatic heterocycles. The average Bonchev–Trinajstić information content (AvgIpc) is 2.86. The molecule has 33 heavy (non-hydrogen) atoms. The second-order valence-electron chi connectivity index (χ2n) is 9.15. The van der Waals surface area contributed by atoms with Crippen LogP contribution in [0, 0.1) is 5.82 Å². The van der Waals surface area contributed by atoms with E-state index in [-0.39, 0.29) is 29.8 Å². The van der Waals surface area contributed by atoms with E-state index in [1.165, 1.54) is 17.7 Å². The molecule has 2 fully saturated rings. The van der Waals surface area contributed by atoms with Gasteiger partial charge in [-0.3, -0.25) is 9.69 Å². The SMILES string of the molecule is COCCN1CCN[C@H]2C[C@H](C(=O)N3CCc4ccccc4[C@@H]3c3ccc(F)cc3)OC[C@@H]21. The van der Waals surface area contributed by atoms with Crippen LogP contribution >= 0.6 is 0 Å². The summed E-state index contributed by atoms with van der Waals surface area (Å²) < 4.78 is 25.1. The first-order valence-electron chi connectivity index (χ1n) is 11.9. The smallest absolute Gasteiger partial charge is 0.252 e. The number of hydrogen-bond acceptors (Lipinski definition) is 5. The third-order valence-electron chi connectivity index (χ3n) is 7.29. The number of rotatable bonds is 5. The Kier molecular flexibility index (Phi) is 6.74. The fourth-order valence-electron chi connectivity index (χ4n) is 5.58. The Labute approximate surface area is 194 Å². The summed E-state index contributed by atoms with van der Waals surface area (Å²) in [5, 5.41) is 3.61. The van der Waals surface area contributed by atoms with Gasteiger partial charge in [-0.2, -0.15) is 0 Å². The molecule has 0 radical (unpaired) electrons. The molecule has 2 aromatic carbocycles. The molecule has 176 valence electrons. The molecule has 3 aliphatic heterocycles. The molecule has 1 N–H and O–H groups in total. The first-order valence-corrected chi connectivity index (χ1v) is 11.9. The number of carbonyl (C=O) groups excluding carboxylic acids is 1. The highest BCUT2D eigenvalue weighted by Crippen LogP contribution is 2.36. The van der Waals surface area contributed by atoms with E-state index >= 15 is 0 Å². The normalized spacial score (nSPS) is 27.6. The lowest BCUT2D eigenvalue weighted by Crippen LogP contribution is -2.64. The summed E-state index contributed by atoms with van der Waals surface area (Å²) >= 11 is 0. The predicted octanol–water partition coefficient (Wildman–Crippen LogP) is 2.38. The number of benzene rings is 2. The molecule has 4 atom stereocenters. The van der Waals surface area contributed by atoms with Gasteiger partial charge in [0, 0.05) is 45.4 Å². The molecular weight excluding hydrogens is 421 g/mol. The third-order valence-corrected chi connectivity index (χ3v) is 7.29. The van der Waals surface area contributed by atoms with Crippen LogP contribution in [0.3, 0.4) is 0 Å². The molecule has 2 aromatic rings. The van der Waals surface area contributed by atoms with Gasteiger partial charge in [-0.15, -0.1) is 0 Å². The van der Waals surface area contributed by atoms with Gasteiger partial charge >= 0.3 is 0 Å². The summed E-state index contributed by atoms with van der Waals surface area (Å²) in [5.74, 6) is -0.253. The molecule has 3 heterocycles. The lowest BCUT2D eigenvalue weighted by atomic mass is 9.87. The van der Waals surface area contributed by atoms with Gasteiger partial charge in [0.05, 0.1) is 19.3 Å². The van der Waals surface area contributed by atoms with Gasteiger partial charge in [0.15, 0.2) is 0 Å². The number of nitrogens with zero attached hydrogens (tertiary/aromatic N) is 2. The van der Waals surface area contributed by atoms with E-state index in [1.807, 2.05) is 17.0 Å². The second-order valence-corrected chi connectivity index (χ2v) is 9.15. The fraction of sp³-hybridized carbons (Fsp3) is 0.500. The van der Waals surface area contributed by atoms with Gasteiger partial charge in [-0.25, -0.2) is 4.39 Å². The molecule has 2 saturated heterocycles. The second kappa shape index (κ2) is 9.89. The molecule has 0 bridgehead atoms. The topological polar surface area (TPSA) is 54.0 Å². The van der Waals surface area contributed by atoms with E-state index < -0.39 is 6.10 Å². The number of methoxy groups -OCH3 is 1. The summed E-state index contributed by atoms with van der Waals surface area (Å²) in [6.45, 7) is 4.58. The van der Waals surface area contributed by atoms with Crippen molar-refractivity contribution in [3.05, 3.63) is 71.0 Å². The quantitative estimate of drug-likeness (QED) is 0.754. The number of halogens is 1. The first kappa shape index (κ1) is 22.5. The van der Waals surface area contributed by atoms with Crippen molar-refractivity contribution in [2.75, 3.05) is 46.5 Å². The van der Waals surface area contributed by atoms with E-state index in [0.717, 1.165) is 37.2 Å². The molecule has 0 unspecified atom stereocenters. The van der Waals surface area contributed by atoms with Crippen molar-refractivity contribution >= 4 is 5.91 Å². The molecule has 6 nitrogen and oxygen atoms in total. The van der Waals surface area contributed by atoms with E-state index in [4.69, 9.17) is 9.47 Å². The van der Waals surface area contributed by atoms with E-state index in [9.17, 15) is 9.18 Å². The Bertz CT molecular complexity index is 970. The van der Waals surface area contributed by atoms with Crippen LogP contribution in [-0.4, -0.2) is 80.4 Å². The van der Waals surface area contributed by atoms with Crippen LogP contribution in [0.4, 0.5) is 4.39 Å². The number of ether oxygens (including phenoxy) is 2. The minimum atomic E-state index is -0.477. The van der Waals surface area contributed by atoms with E-state index in [0.29, 0.717) is 26.2 Å². The number of hydrogen-bond donors (Lipinski definition) is 1. The standard InChI is InChI=1S/C26H32FN3O3/c1-32-15-14-29-13-11-28-22-16-24(33-17-23(22)29)26(31)30-12-10-18-4-2-3-5-21(18)25(30)19-6-8-20(27)9-7-19/h2-9,22-25,28H,10-17H2,1H3/t22-,23-,24+,25-/m0/s1. The molecule has 0 aliphatic carbocycles. The van der Waals surface area contributed by atoms with Crippen molar-refractivity contribution in [2.24, 2.45) is 0 Å². The number of carbonyl (C=O) groups is 1. The first-order chi connectivity index (χ1) is 16.2. The van der Waals surface area contributed by atoms with Crippen LogP contribution in [0.5, 0.6) is 0 Å². The monoisotopic (exact) mass is 453 g/mol. The largest absolute Gasteiger partial charge is 0.383 e. The van der Waals surface area contributed by atoms with Gasteiger partial charge in [-0.05, 0) is 41.7 Å². The minimum Gasteiger partial charge on any atom is -0.383 e. The summed E-state index contributed by atoms with van der Waals surface area (Å²) in [4.78, 5) is 18.2. The zero-order valence-corrected chi connectivity index (χ0v) is 19.1. The number of fused-ring (bicyclic) bond motifs is 2. The van der Waals surface area contributed by atoms with Crippen LogP contribution in [-0.2, 0) is 20.7 Å². The molecule has 3 aliphatic rings. The zero-order chi connectivity index (χ0) is 22.8. The maximum atomic E-state index is 13.8. The van der Waals surface area contributed by atoms with E-state index in [2.05, 4.69) is 22.3 Å². The van der Waals surface area contributed by atoms with Gasteiger partial charge in [0.2, 0.25) is 0 Å². The van der Waals surface area contributed by atoms with Crippen LogP contribution in [0.2, 0.25) is 0 Å². The molecule has 0 spiro atoms. The molecular formula is C26H32FN3O3. The van der Waals surface area contributed by atoms with Crippen LogP contribution in [0.15, 0.2) is 48.5 Å². The van der Waals surface area contributed by atoms with Crippen molar-refractivity contribution in [3.63, 3.8) is 0 Å². The maximum absolute atomic E-state index is 13.8. The highest BCUT2D eigenvalue weighted by Gasteiger charge is 2.42. The van der Waals surface area contributed by atoms with E-state index in [1.54, 1.807) is 19.2 Å². The van der Waals surface area contributed by atoms with Gasteiger partial charge < -0.3 is 19.7 Å². The van der Waals surface area contributed by atoms with Gasteiger partial charge in [0.1, 0.15) is 11.9 Å². The summed E-state index contributed by atoms with van der Waals surface area (Å²) in [6, 6.07) is 15.0. The van der Waals surface area contributed by atoms with Crippen LogP contribution in [0.1, 0.15) is 29.2 Å². The Morgan fingerprint density at radius 2 is 2.00 bits per heavy atom. The summed E-state index contributed by atoms with van der Waals surface area (Å²) in [5.41, 5.74) is 3.27. The minimum absolute atomic E-state index is 0.0214. The highest BCUT2D eigenvalue weighted by molar-refractivity contribution is 5.82. The molecule has 5 rings (SSSR count). The van der Waals surface area contributed by atoms with Gasteiger partial charge in [0.25, 0.3) is 5.91 Å². The Morgan fingerprint density at radius 1 is 1.18 bits per heavy atom. The summed E-state index contributed by atoms with van der Waals surface area (Å²) in [7, 11) is 1.72. The Hall–Kier alpha value is -2.32. The number of amides is 1. The van der Waals surface area contributed by atoms with Crippen molar-refractivity contribution in [1.82, 2.24) is 15.1 Å². The summed E-state index contributed by atoms with van der Waals surface area (Å²) in [6.07, 6.45) is 0.984. The molecule has 0 saturated carbocycles. The van der Waals surface area contributed by atoms with Crippen molar-refractivity contribution in [3.8, 4) is 0 Å². The third kappa shape index (κ3) is 4.55. The Balaban J connectivity index is 1.37. The van der Waals surface area contributed by atoms with Crippen molar-refractivity contribution in [1.29, 1.82) is 0 Å². The van der Waals surface area contributed by atoms with Crippen molar-refractivity contribution in [2.45, 2.75) is 37.1 Å². The average molecular weight is 454 g/mol. The fourth-order valence-corrected chi connectivity index (χ4v) is 5.58. The number of nitrogens with one attached hydrogen (secondary N) is 1. The lowest BCUT2D eigenvalue weighted by molar-refractivity contribution is -0.154. The number of piperazine rings is 1. The molecule has 1 amide bonds. The van der Waals surface area contributed by atoms with Crippen molar-refractivity contribution < 1.29 is 18.7 Å². The zero-order valence-electron chi connectivity index (χ0n) is 19.1. The maximum Gasteiger partial charge on any atom is 0.252 e. The Morgan fingerprint density at radius 3 is 2.82 bits per heavy atom. The highest BCUT2D eigenvalue weighted by atomic mass is 19.1. The van der Waals surface area contributed by atoms with Crippen LogP contribution in [0.25, 0.3) is 0 Å². The van der Waals surface area contributed by atoms with Crippen LogP contribution < -0.4 is 5.32 Å². The predicted molar refractivity (Wildman–Crippen MR) is 123 cm³/mol. The molecule has 7 heteroatoms. The lowest BCUT2D eigenvalue weighted by Gasteiger charge is -2.47. The van der Waals surface area contributed by atoms with Gasteiger partial charge in [-0.1, -0.05) is 36.4 Å².